The number of hydrogen-bond acceptors (Lipinski definition) is 3. The highest BCUT2D eigenvalue weighted by Gasteiger charge is 2.25. The van der Waals surface area contributed by atoms with Crippen molar-refractivity contribution in [1.82, 2.24) is 4.90 Å². The van der Waals surface area contributed by atoms with Crippen molar-refractivity contribution in [2.24, 2.45) is 11.1 Å². The van der Waals surface area contributed by atoms with Crippen LogP contribution in [0.15, 0.2) is 0 Å². The van der Waals surface area contributed by atoms with E-state index in [9.17, 15) is 4.79 Å². The van der Waals surface area contributed by atoms with Gasteiger partial charge in [-0.25, -0.2) is 0 Å². The molecule has 4 nitrogen and oxygen atoms in total. The molecule has 1 heterocycles. The number of carbonyl (C=O) groups is 1. The van der Waals surface area contributed by atoms with Crippen LogP contribution < -0.4 is 5.73 Å². The topological polar surface area (TPSA) is 55.6 Å². The Hall–Kier alpha value is -0.610. The zero-order chi connectivity index (χ0) is 13.8. The zero-order valence-electron chi connectivity index (χ0n) is 12.2. The van der Waals surface area contributed by atoms with Crippen molar-refractivity contribution in [3.05, 3.63) is 0 Å². The van der Waals surface area contributed by atoms with Crippen molar-refractivity contribution in [3.8, 4) is 0 Å². The third-order valence-corrected chi connectivity index (χ3v) is 3.38. The summed E-state index contributed by atoms with van der Waals surface area (Å²) in [6, 6.07) is -0.0413. The smallest absolute Gasteiger partial charge is 0.224 e. The van der Waals surface area contributed by atoms with Gasteiger partial charge in [-0.3, -0.25) is 4.79 Å². The van der Waals surface area contributed by atoms with Gasteiger partial charge < -0.3 is 15.4 Å². The second kappa shape index (κ2) is 6.53. The lowest BCUT2D eigenvalue weighted by Gasteiger charge is -2.33. The number of likely N-dealkylation sites (tertiary alicyclic amines) is 1. The Morgan fingerprint density at radius 1 is 1.50 bits per heavy atom. The van der Waals surface area contributed by atoms with E-state index in [2.05, 4.69) is 20.8 Å². The summed E-state index contributed by atoms with van der Waals surface area (Å²) in [6.45, 7) is 8.02. The maximum atomic E-state index is 12.1. The largest absolute Gasteiger partial charge is 0.380 e. The molecule has 0 aromatic rings. The lowest BCUT2D eigenvalue weighted by molar-refractivity contribution is -0.135. The van der Waals surface area contributed by atoms with Gasteiger partial charge in [-0.15, -0.1) is 0 Å². The monoisotopic (exact) mass is 256 g/mol. The SMILES string of the molecule is COC1CCCN(C(=O)CC(N)CC(C)(C)C)C1. The van der Waals surface area contributed by atoms with Crippen LogP contribution in [0.4, 0.5) is 0 Å². The average Bonchev–Trinajstić information content (AvgIpc) is 2.26. The van der Waals surface area contributed by atoms with E-state index in [1.807, 2.05) is 4.90 Å². The van der Waals surface area contributed by atoms with E-state index < -0.39 is 0 Å². The Bertz CT molecular complexity index is 273. The van der Waals surface area contributed by atoms with Crippen LogP contribution in [0.3, 0.4) is 0 Å². The predicted octanol–water partition coefficient (Wildman–Crippen LogP) is 1.78. The Morgan fingerprint density at radius 3 is 2.72 bits per heavy atom. The zero-order valence-corrected chi connectivity index (χ0v) is 12.2. The van der Waals surface area contributed by atoms with Gasteiger partial charge >= 0.3 is 0 Å². The quantitative estimate of drug-likeness (QED) is 0.834. The Labute approximate surface area is 111 Å². The Kier molecular flexibility index (Phi) is 5.60. The van der Waals surface area contributed by atoms with Crippen LogP contribution in [-0.2, 0) is 9.53 Å². The molecule has 1 fully saturated rings. The Balaban J connectivity index is 2.40. The van der Waals surface area contributed by atoms with Crippen LogP contribution in [0.25, 0.3) is 0 Å². The molecule has 0 radical (unpaired) electrons. The summed E-state index contributed by atoms with van der Waals surface area (Å²) in [6.07, 6.45) is 3.60. The van der Waals surface area contributed by atoms with E-state index in [1.165, 1.54) is 0 Å². The first kappa shape index (κ1) is 15.4. The van der Waals surface area contributed by atoms with Gasteiger partial charge in [0.2, 0.25) is 5.91 Å². The first-order chi connectivity index (χ1) is 8.31. The second-order valence-corrected chi connectivity index (χ2v) is 6.57. The summed E-state index contributed by atoms with van der Waals surface area (Å²) in [5, 5.41) is 0. The molecule has 0 aliphatic carbocycles. The molecule has 1 amide bonds. The van der Waals surface area contributed by atoms with E-state index in [4.69, 9.17) is 10.5 Å². The average molecular weight is 256 g/mol. The highest BCUT2D eigenvalue weighted by atomic mass is 16.5. The van der Waals surface area contributed by atoms with E-state index in [0.29, 0.717) is 6.42 Å². The lowest BCUT2D eigenvalue weighted by Crippen LogP contribution is -2.45. The number of carbonyl (C=O) groups excluding carboxylic acids is 1. The molecule has 2 N–H and O–H groups in total. The van der Waals surface area contributed by atoms with E-state index in [0.717, 1.165) is 32.4 Å². The van der Waals surface area contributed by atoms with Crippen molar-refractivity contribution in [1.29, 1.82) is 0 Å². The number of ether oxygens (including phenoxy) is 1. The number of amides is 1. The molecule has 0 aromatic heterocycles. The van der Waals surface area contributed by atoms with E-state index in [1.54, 1.807) is 7.11 Å². The van der Waals surface area contributed by atoms with Gasteiger partial charge in [-0.1, -0.05) is 20.8 Å². The van der Waals surface area contributed by atoms with Gasteiger partial charge in [-0.05, 0) is 24.7 Å². The van der Waals surface area contributed by atoms with Crippen molar-refractivity contribution in [2.45, 2.75) is 58.6 Å². The summed E-state index contributed by atoms with van der Waals surface area (Å²) in [5.74, 6) is 0.175. The number of nitrogens with two attached hydrogens (primary N) is 1. The standard InChI is InChI=1S/C14H28N2O2/c1-14(2,3)9-11(15)8-13(17)16-7-5-6-12(10-16)18-4/h11-12H,5-10,15H2,1-4H3. The Morgan fingerprint density at radius 2 is 2.17 bits per heavy atom. The molecule has 1 aliphatic rings. The number of piperidine rings is 1. The van der Waals surface area contributed by atoms with Crippen LogP contribution in [0, 0.1) is 5.41 Å². The lowest BCUT2D eigenvalue weighted by atomic mass is 9.87. The van der Waals surface area contributed by atoms with Crippen molar-refractivity contribution in [3.63, 3.8) is 0 Å². The minimum Gasteiger partial charge on any atom is -0.380 e. The van der Waals surface area contributed by atoms with Gasteiger partial charge in [0.05, 0.1) is 6.10 Å². The van der Waals surface area contributed by atoms with Crippen molar-refractivity contribution in [2.75, 3.05) is 20.2 Å². The van der Waals surface area contributed by atoms with Crippen LogP contribution in [0.2, 0.25) is 0 Å². The summed E-state index contributed by atoms with van der Waals surface area (Å²) in [4.78, 5) is 14.0. The fraction of sp³-hybridized carbons (Fsp3) is 0.929. The molecule has 0 spiro atoms. The predicted molar refractivity (Wildman–Crippen MR) is 73.3 cm³/mol. The molecular formula is C14H28N2O2. The van der Waals surface area contributed by atoms with Gasteiger partial charge in [-0.2, -0.15) is 0 Å². The second-order valence-electron chi connectivity index (χ2n) is 6.57. The van der Waals surface area contributed by atoms with E-state index in [-0.39, 0.29) is 23.5 Å². The summed E-state index contributed by atoms with van der Waals surface area (Å²) in [5.41, 5.74) is 6.23. The third-order valence-electron chi connectivity index (χ3n) is 3.38. The molecule has 0 aromatic carbocycles. The molecule has 2 atom stereocenters. The molecule has 1 aliphatic heterocycles. The number of hydrogen-bond donors (Lipinski definition) is 1. The van der Waals surface area contributed by atoms with Crippen LogP contribution in [0.1, 0.15) is 46.5 Å². The van der Waals surface area contributed by atoms with Crippen LogP contribution in [0.5, 0.6) is 0 Å². The minimum atomic E-state index is -0.0413. The molecule has 4 heteroatoms. The summed E-state index contributed by atoms with van der Waals surface area (Å²) in [7, 11) is 1.71. The molecule has 1 rings (SSSR count). The van der Waals surface area contributed by atoms with Crippen molar-refractivity contribution >= 4 is 5.91 Å². The van der Waals surface area contributed by atoms with Gasteiger partial charge in [0.25, 0.3) is 0 Å². The molecule has 0 bridgehead atoms. The molecule has 0 saturated carbocycles. The fourth-order valence-electron chi connectivity index (χ4n) is 2.57. The highest BCUT2D eigenvalue weighted by molar-refractivity contribution is 5.77. The molecule has 2 unspecified atom stereocenters. The van der Waals surface area contributed by atoms with Crippen molar-refractivity contribution < 1.29 is 9.53 Å². The minimum absolute atomic E-state index is 0.0413. The van der Waals surface area contributed by atoms with Crippen LogP contribution in [-0.4, -0.2) is 43.2 Å². The normalized spacial score (nSPS) is 22.9. The molecular weight excluding hydrogens is 228 g/mol. The first-order valence-electron chi connectivity index (χ1n) is 6.88. The fourth-order valence-corrected chi connectivity index (χ4v) is 2.57. The summed E-state index contributed by atoms with van der Waals surface area (Å²) >= 11 is 0. The number of nitrogens with zero attached hydrogens (tertiary/aromatic N) is 1. The summed E-state index contributed by atoms with van der Waals surface area (Å²) < 4.78 is 5.33. The van der Waals surface area contributed by atoms with Crippen LogP contribution >= 0.6 is 0 Å². The molecule has 18 heavy (non-hydrogen) atoms. The third kappa shape index (κ3) is 5.36. The van der Waals surface area contributed by atoms with E-state index >= 15 is 0 Å². The molecule has 1 saturated heterocycles. The number of methoxy groups -OCH3 is 1. The van der Waals surface area contributed by atoms with Gasteiger partial charge in [0, 0.05) is 32.7 Å². The maximum Gasteiger partial charge on any atom is 0.224 e. The maximum absolute atomic E-state index is 12.1. The highest BCUT2D eigenvalue weighted by Crippen LogP contribution is 2.22. The van der Waals surface area contributed by atoms with Gasteiger partial charge in [0.15, 0.2) is 0 Å². The number of rotatable bonds is 4. The van der Waals surface area contributed by atoms with Gasteiger partial charge in [0.1, 0.15) is 0 Å². The molecule has 106 valence electrons. The first-order valence-corrected chi connectivity index (χ1v) is 6.88.